The molecule has 0 aliphatic carbocycles. The SMILES string of the molecule is COc1ccc(CNc2nnc(Cc3cccnc3)c3ccc(Cl)cc23)cc1Cl. The van der Waals surface area contributed by atoms with Gasteiger partial charge in [0.25, 0.3) is 0 Å². The van der Waals surface area contributed by atoms with E-state index in [9.17, 15) is 0 Å². The Morgan fingerprint density at radius 3 is 2.62 bits per heavy atom. The average Bonchev–Trinajstić information content (AvgIpc) is 2.74. The van der Waals surface area contributed by atoms with Gasteiger partial charge in [0.15, 0.2) is 5.82 Å². The molecule has 0 amide bonds. The molecule has 0 unspecified atom stereocenters. The molecule has 146 valence electrons. The van der Waals surface area contributed by atoms with E-state index in [-0.39, 0.29) is 0 Å². The fraction of sp³-hybridized carbons (Fsp3) is 0.136. The molecule has 0 saturated carbocycles. The Morgan fingerprint density at radius 2 is 1.86 bits per heavy atom. The van der Waals surface area contributed by atoms with E-state index in [2.05, 4.69) is 20.5 Å². The summed E-state index contributed by atoms with van der Waals surface area (Å²) in [6.07, 6.45) is 4.24. The number of hydrogen-bond acceptors (Lipinski definition) is 5. The van der Waals surface area contributed by atoms with Crippen LogP contribution in [0.2, 0.25) is 10.0 Å². The van der Waals surface area contributed by atoms with Crippen LogP contribution in [0.25, 0.3) is 10.8 Å². The fourth-order valence-electron chi connectivity index (χ4n) is 3.14. The first kappa shape index (κ1) is 19.4. The highest BCUT2D eigenvalue weighted by molar-refractivity contribution is 6.32. The van der Waals surface area contributed by atoms with Gasteiger partial charge < -0.3 is 10.1 Å². The smallest absolute Gasteiger partial charge is 0.156 e. The quantitative estimate of drug-likeness (QED) is 0.439. The second kappa shape index (κ2) is 8.64. The molecule has 2 heterocycles. The minimum atomic E-state index is 0.544. The van der Waals surface area contributed by atoms with Gasteiger partial charge in [-0.05, 0) is 41.5 Å². The van der Waals surface area contributed by atoms with Crippen LogP contribution < -0.4 is 10.1 Å². The standard InChI is InChI=1S/C22H18Cl2N4O/c1-29-21-7-4-15(9-19(21)24)13-26-22-18-11-16(23)5-6-17(18)20(27-28-22)10-14-3-2-8-25-12-14/h2-9,11-12H,10,13H2,1H3,(H,26,28). The summed E-state index contributed by atoms with van der Waals surface area (Å²) in [4.78, 5) is 4.17. The van der Waals surface area contributed by atoms with E-state index in [0.717, 1.165) is 27.6 Å². The summed E-state index contributed by atoms with van der Waals surface area (Å²) in [5.41, 5.74) is 2.96. The van der Waals surface area contributed by atoms with Crippen LogP contribution in [0.4, 0.5) is 5.82 Å². The topological polar surface area (TPSA) is 59.9 Å². The van der Waals surface area contributed by atoms with Crippen molar-refractivity contribution in [3.63, 3.8) is 0 Å². The lowest BCUT2D eigenvalue weighted by molar-refractivity contribution is 0.415. The Labute approximate surface area is 178 Å². The summed E-state index contributed by atoms with van der Waals surface area (Å²) in [5.74, 6) is 1.32. The van der Waals surface area contributed by atoms with E-state index < -0.39 is 0 Å². The lowest BCUT2D eigenvalue weighted by Gasteiger charge is -2.12. The summed E-state index contributed by atoms with van der Waals surface area (Å²) in [6.45, 7) is 0.544. The predicted octanol–water partition coefficient (Wildman–Crippen LogP) is 5.54. The zero-order valence-corrected chi connectivity index (χ0v) is 17.2. The van der Waals surface area contributed by atoms with Crippen LogP contribution in [0.1, 0.15) is 16.8 Å². The number of benzene rings is 2. The zero-order chi connectivity index (χ0) is 20.2. The summed E-state index contributed by atoms with van der Waals surface area (Å²) >= 11 is 12.5. The molecule has 2 aromatic carbocycles. The summed E-state index contributed by atoms with van der Waals surface area (Å²) in [7, 11) is 1.59. The van der Waals surface area contributed by atoms with Gasteiger partial charge in [-0.15, -0.1) is 5.10 Å². The van der Waals surface area contributed by atoms with Gasteiger partial charge in [0, 0.05) is 41.2 Å². The van der Waals surface area contributed by atoms with Crippen molar-refractivity contribution in [2.75, 3.05) is 12.4 Å². The second-order valence-corrected chi connectivity index (χ2v) is 7.39. The van der Waals surface area contributed by atoms with Crippen LogP contribution in [-0.4, -0.2) is 22.3 Å². The number of ether oxygens (including phenoxy) is 1. The molecule has 0 radical (unpaired) electrons. The minimum Gasteiger partial charge on any atom is -0.495 e. The van der Waals surface area contributed by atoms with Crippen molar-refractivity contribution in [1.82, 2.24) is 15.2 Å². The maximum atomic E-state index is 6.26. The molecule has 0 bridgehead atoms. The predicted molar refractivity (Wildman–Crippen MR) is 117 cm³/mol. The van der Waals surface area contributed by atoms with Crippen LogP contribution in [0, 0.1) is 0 Å². The van der Waals surface area contributed by atoms with E-state index >= 15 is 0 Å². The number of anilines is 1. The van der Waals surface area contributed by atoms with Crippen LogP contribution in [-0.2, 0) is 13.0 Å². The number of aromatic nitrogens is 3. The highest BCUT2D eigenvalue weighted by Crippen LogP contribution is 2.29. The fourth-order valence-corrected chi connectivity index (χ4v) is 3.60. The molecule has 7 heteroatoms. The van der Waals surface area contributed by atoms with Crippen LogP contribution in [0.15, 0.2) is 60.9 Å². The molecule has 5 nitrogen and oxygen atoms in total. The molecule has 0 aliphatic rings. The molecule has 4 aromatic rings. The van der Waals surface area contributed by atoms with Crippen molar-refractivity contribution < 1.29 is 4.74 Å². The third-order valence-corrected chi connectivity index (χ3v) is 5.12. The third kappa shape index (κ3) is 4.42. The first-order valence-corrected chi connectivity index (χ1v) is 9.79. The van der Waals surface area contributed by atoms with Crippen molar-refractivity contribution in [3.05, 3.63) is 87.8 Å². The first-order valence-electron chi connectivity index (χ1n) is 9.04. The lowest BCUT2D eigenvalue weighted by atomic mass is 10.1. The Bertz CT molecular complexity index is 1150. The van der Waals surface area contributed by atoms with E-state index in [1.54, 1.807) is 13.3 Å². The van der Waals surface area contributed by atoms with E-state index in [0.29, 0.717) is 34.6 Å². The highest BCUT2D eigenvalue weighted by Gasteiger charge is 2.11. The number of nitrogens with zero attached hydrogens (tertiary/aromatic N) is 3. The molecule has 0 aliphatic heterocycles. The van der Waals surface area contributed by atoms with Gasteiger partial charge in [-0.25, -0.2) is 0 Å². The van der Waals surface area contributed by atoms with E-state index in [1.807, 2.05) is 54.7 Å². The number of pyridine rings is 1. The van der Waals surface area contributed by atoms with Gasteiger partial charge in [-0.3, -0.25) is 4.98 Å². The van der Waals surface area contributed by atoms with Gasteiger partial charge in [0.1, 0.15) is 5.75 Å². The Kier molecular flexibility index (Phi) is 5.79. The number of methoxy groups -OCH3 is 1. The van der Waals surface area contributed by atoms with Gasteiger partial charge in [0.05, 0.1) is 17.8 Å². The average molecular weight is 425 g/mol. The maximum Gasteiger partial charge on any atom is 0.156 e. The van der Waals surface area contributed by atoms with Gasteiger partial charge in [-0.1, -0.05) is 41.4 Å². The number of rotatable bonds is 6. The normalized spacial score (nSPS) is 10.9. The Balaban J connectivity index is 1.64. The summed E-state index contributed by atoms with van der Waals surface area (Å²) in [5, 5.41) is 15.4. The lowest BCUT2D eigenvalue weighted by Crippen LogP contribution is -2.06. The minimum absolute atomic E-state index is 0.544. The van der Waals surface area contributed by atoms with Crippen molar-refractivity contribution in [1.29, 1.82) is 0 Å². The number of nitrogens with one attached hydrogen (secondary N) is 1. The van der Waals surface area contributed by atoms with Crippen LogP contribution in [0.5, 0.6) is 5.75 Å². The van der Waals surface area contributed by atoms with Crippen molar-refractivity contribution >= 4 is 39.8 Å². The number of fused-ring (bicyclic) bond motifs is 1. The summed E-state index contributed by atoms with van der Waals surface area (Å²) < 4.78 is 5.20. The molecule has 0 fully saturated rings. The second-order valence-electron chi connectivity index (χ2n) is 6.55. The number of halogens is 2. The third-order valence-electron chi connectivity index (χ3n) is 4.59. The molecular weight excluding hydrogens is 407 g/mol. The van der Waals surface area contributed by atoms with Crippen molar-refractivity contribution in [3.8, 4) is 5.75 Å². The van der Waals surface area contributed by atoms with E-state index in [4.69, 9.17) is 27.9 Å². The molecule has 2 aromatic heterocycles. The van der Waals surface area contributed by atoms with Gasteiger partial charge >= 0.3 is 0 Å². The van der Waals surface area contributed by atoms with Crippen LogP contribution in [0.3, 0.4) is 0 Å². The maximum absolute atomic E-state index is 6.26. The molecule has 1 N–H and O–H groups in total. The van der Waals surface area contributed by atoms with Crippen LogP contribution >= 0.6 is 23.2 Å². The van der Waals surface area contributed by atoms with Crippen molar-refractivity contribution in [2.24, 2.45) is 0 Å². The Hall–Kier alpha value is -2.89. The van der Waals surface area contributed by atoms with Gasteiger partial charge in [-0.2, -0.15) is 5.10 Å². The zero-order valence-electron chi connectivity index (χ0n) is 15.7. The van der Waals surface area contributed by atoms with Crippen molar-refractivity contribution in [2.45, 2.75) is 13.0 Å². The largest absolute Gasteiger partial charge is 0.495 e. The molecule has 0 spiro atoms. The number of hydrogen-bond donors (Lipinski definition) is 1. The summed E-state index contributed by atoms with van der Waals surface area (Å²) in [6, 6.07) is 15.4. The molecule has 29 heavy (non-hydrogen) atoms. The van der Waals surface area contributed by atoms with Gasteiger partial charge in [0.2, 0.25) is 0 Å². The molecule has 0 atom stereocenters. The Morgan fingerprint density at radius 1 is 0.966 bits per heavy atom. The molecule has 4 rings (SSSR count). The van der Waals surface area contributed by atoms with E-state index in [1.165, 1.54) is 0 Å². The first-order chi connectivity index (χ1) is 14.1. The molecular formula is C22H18Cl2N4O. The molecule has 0 saturated heterocycles. The monoisotopic (exact) mass is 424 g/mol. The highest BCUT2D eigenvalue weighted by atomic mass is 35.5.